The van der Waals surface area contributed by atoms with E-state index in [0.717, 1.165) is 17.7 Å². The molecule has 1 aromatic rings. The quantitative estimate of drug-likeness (QED) is 0.805. The van der Waals surface area contributed by atoms with Gasteiger partial charge in [0.25, 0.3) is 0 Å². The van der Waals surface area contributed by atoms with E-state index < -0.39 is 6.10 Å². The van der Waals surface area contributed by atoms with Crippen molar-refractivity contribution in [3.05, 3.63) is 29.8 Å². The highest BCUT2D eigenvalue weighted by molar-refractivity contribution is 5.30. The summed E-state index contributed by atoms with van der Waals surface area (Å²) in [7, 11) is 0. The summed E-state index contributed by atoms with van der Waals surface area (Å²) in [5, 5.41) is 10.0. The van der Waals surface area contributed by atoms with Gasteiger partial charge in [-0.05, 0) is 30.5 Å². The minimum atomic E-state index is -0.393. The molecule has 1 N–H and O–H groups in total. The van der Waals surface area contributed by atoms with Gasteiger partial charge in [-0.25, -0.2) is 0 Å². The summed E-state index contributed by atoms with van der Waals surface area (Å²) < 4.78 is 5.40. The number of rotatable bonds is 5. The molecule has 0 saturated carbocycles. The molecule has 0 aliphatic heterocycles. The Hall–Kier alpha value is -1.02. The third kappa shape index (κ3) is 3.24. The molecule has 0 spiro atoms. The van der Waals surface area contributed by atoms with E-state index in [9.17, 15) is 5.11 Å². The standard InChI is InChI=1S/C13H20O2/c1-4-10(3)13(14)11-7-6-8-12(9-11)15-5-2/h6-10,13-14H,4-5H2,1-3H3. The first-order valence-corrected chi connectivity index (χ1v) is 5.59. The summed E-state index contributed by atoms with van der Waals surface area (Å²) in [4.78, 5) is 0. The van der Waals surface area contributed by atoms with E-state index in [1.807, 2.05) is 31.2 Å². The summed E-state index contributed by atoms with van der Waals surface area (Å²) in [6.07, 6.45) is 0.579. The average molecular weight is 208 g/mol. The monoisotopic (exact) mass is 208 g/mol. The van der Waals surface area contributed by atoms with E-state index in [1.54, 1.807) is 0 Å². The number of ether oxygens (including phenoxy) is 1. The number of hydrogen-bond acceptors (Lipinski definition) is 2. The van der Waals surface area contributed by atoms with Crippen molar-refractivity contribution in [2.75, 3.05) is 6.61 Å². The van der Waals surface area contributed by atoms with Gasteiger partial charge in [0.05, 0.1) is 12.7 Å². The fraction of sp³-hybridized carbons (Fsp3) is 0.538. The molecule has 0 radical (unpaired) electrons. The Morgan fingerprint density at radius 1 is 1.33 bits per heavy atom. The molecule has 0 amide bonds. The van der Waals surface area contributed by atoms with E-state index in [4.69, 9.17) is 4.74 Å². The molecule has 0 aliphatic carbocycles. The van der Waals surface area contributed by atoms with Gasteiger partial charge in [-0.3, -0.25) is 0 Å². The van der Waals surface area contributed by atoms with Crippen LogP contribution >= 0.6 is 0 Å². The Kier molecular flexibility index (Phi) is 4.63. The Morgan fingerprint density at radius 2 is 2.07 bits per heavy atom. The highest BCUT2D eigenvalue weighted by Crippen LogP contribution is 2.26. The lowest BCUT2D eigenvalue weighted by molar-refractivity contribution is 0.115. The number of aliphatic hydroxyl groups is 1. The Balaban J connectivity index is 2.80. The number of benzene rings is 1. The van der Waals surface area contributed by atoms with Crippen LogP contribution in [0.15, 0.2) is 24.3 Å². The van der Waals surface area contributed by atoms with Crippen LogP contribution in [-0.2, 0) is 0 Å². The maximum atomic E-state index is 10.0. The smallest absolute Gasteiger partial charge is 0.119 e. The molecule has 1 aromatic carbocycles. The van der Waals surface area contributed by atoms with Gasteiger partial charge in [0.2, 0.25) is 0 Å². The van der Waals surface area contributed by atoms with Gasteiger partial charge in [-0.1, -0.05) is 32.4 Å². The summed E-state index contributed by atoms with van der Waals surface area (Å²) in [6.45, 7) is 6.75. The molecular formula is C13H20O2. The second-order valence-electron chi connectivity index (χ2n) is 3.84. The first-order valence-electron chi connectivity index (χ1n) is 5.59. The molecule has 0 saturated heterocycles. The maximum absolute atomic E-state index is 10.0. The zero-order chi connectivity index (χ0) is 11.3. The van der Waals surface area contributed by atoms with Crippen LogP contribution in [0.1, 0.15) is 38.9 Å². The summed E-state index contributed by atoms with van der Waals surface area (Å²) in [5.41, 5.74) is 0.940. The largest absolute Gasteiger partial charge is 0.494 e. The highest BCUT2D eigenvalue weighted by Gasteiger charge is 2.14. The summed E-state index contributed by atoms with van der Waals surface area (Å²) in [6, 6.07) is 7.70. The Morgan fingerprint density at radius 3 is 2.67 bits per heavy atom. The van der Waals surface area contributed by atoms with E-state index in [-0.39, 0.29) is 5.92 Å². The molecule has 2 atom stereocenters. The second-order valence-corrected chi connectivity index (χ2v) is 3.84. The average Bonchev–Trinajstić information content (AvgIpc) is 2.28. The van der Waals surface area contributed by atoms with Gasteiger partial charge in [0, 0.05) is 0 Å². The lowest BCUT2D eigenvalue weighted by Gasteiger charge is -2.18. The van der Waals surface area contributed by atoms with Gasteiger partial charge in [-0.15, -0.1) is 0 Å². The fourth-order valence-electron chi connectivity index (χ4n) is 1.51. The van der Waals surface area contributed by atoms with E-state index in [0.29, 0.717) is 6.61 Å². The molecule has 0 heterocycles. The molecule has 2 heteroatoms. The van der Waals surface area contributed by atoms with Crippen molar-refractivity contribution in [3.8, 4) is 5.75 Å². The zero-order valence-electron chi connectivity index (χ0n) is 9.73. The lowest BCUT2D eigenvalue weighted by atomic mass is 9.95. The van der Waals surface area contributed by atoms with Crippen molar-refractivity contribution >= 4 is 0 Å². The fourth-order valence-corrected chi connectivity index (χ4v) is 1.51. The topological polar surface area (TPSA) is 29.5 Å². The number of aliphatic hydroxyl groups excluding tert-OH is 1. The third-order valence-corrected chi connectivity index (χ3v) is 2.69. The van der Waals surface area contributed by atoms with Crippen LogP contribution in [0.2, 0.25) is 0 Å². The normalized spacial score (nSPS) is 14.7. The van der Waals surface area contributed by atoms with Gasteiger partial charge >= 0.3 is 0 Å². The molecule has 1 rings (SSSR count). The van der Waals surface area contributed by atoms with Crippen LogP contribution in [0.3, 0.4) is 0 Å². The first kappa shape index (κ1) is 12.1. The van der Waals surface area contributed by atoms with Gasteiger partial charge < -0.3 is 9.84 Å². The summed E-state index contributed by atoms with van der Waals surface area (Å²) >= 11 is 0. The van der Waals surface area contributed by atoms with Crippen molar-refractivity contribution in [1.29, 1.82) is 0 Å². The van der Waals surface area contributed by atoms with Gasteiger partial charge in [0.1, 0.15) is 5.75 Å². The molecule has 0 bridgehead atoms. The molecular weight excluding hydrogens is 188 g/mol. The molecule has 84 valence electrons. The molecule has 0 aliphatic rings. The van der Waals surface area contributed by atoms with Gasteiger partial charge in [0.15, 0.2) is 0 Å². The SMILES string of the molecule is CCOc1cccc(C(O)C(C)CC)c1. The Labute approximate surface area is 91.9 Å². The van der Waals surface area contributed by atoms with Crippen LogP contribution in [0, 0.1) is 5.92 Å². The van der Waals surface area contributed by atoms with Crippen LogP contribution in [-0.4, -0.2) is 11.7 Å². The van der Waals surface area contributed by atoms with Crippen LogP contribution < -0.4 is 4.74 Å². The second kappa shape index (κ2) is 5.76. The van der Waals surface area contributed by atoms with E-state index in [1.165, 1.54) is 0 Å². The van der Waals surface area contributed by atoms with Gasteiger partial charge in [-0.2, -0.15) is 0 Å². The van der Waals surface area contributed by atoms with Crippen molar-refractivity contribution < 1.29 is 9.84 Å². The lowest BCUT2D eigenvalue weighted by Crippen LogP contribution is -2.08. The summed E-state index contributed by atoms with van der Waals surface area (Å²) in [5.74, 6) is 1.11. The zero-order valence-corrected chi connectivity index (χ0v) is 9.73. The molecule has 0 fully saturated rings. The predicted octanol–water partition coefficient (Wildman–Crippen LogP) is 3.16. The van der Waals surface area contributed by atoms with Crippen LogP contribution in [0.5, 0.6) is 5.75 Å². The van der Waals surface area contributed by atoms with Crippen LogP contribution in [0.4, 0.5) is 0 Å². The maximum Gasteiger partial charge on any atom is 0.119 e. The molecule has 0 aromatic heterocycles. The third-order valence-electron chi connectivity index (χ3n) is 2.69. The van der Waals surface area contributed by atoms with Crippen molar-refractivity contribution in [2.24, 2.45) is 5.92 Å². The van der Waals surface area contributed by atoms with Crippen LogP contribution in [0.25, 0.3) is 0 Å². The van der Waals surface area contributed by atoms with Crippen molar-refractivity contribution in [3.63, 3.8) is 0 Å². The van der Waals surface area contributed by atoms with Crippen molar-refractivity contribution in [1.82, 2.24) is 0 Å². The van der Waals surface area contributed by atoms with E-state index >= 15 is 0 Å². The molecule has 15 heavy (non-hydrogen) atoms. The highest BCUT2D eigenvalue weighted by atomic mass is 16.5. The first-order chi connectivity index (χ1) is 7.19. The predicted molar refractivity (Wildman–Crippen MR) is 62.0 cm³/mol. The van der Waals surface area contributed by atoms with Crippen molar-refractivity contribution in [2.45, 2.75) is 33.3 Å². The minimum absolute atomic E-state index is 0.280. The minimum Gasteiger partial charge on any atom is -0.494 e. The number of hydrogen-bond donors (Lipinski definition) is 1. The Bertz CT molecular complexity index is 296. The molecule has 2 nitrogen and oxygen atoms in total. The molecule has 2 unspecified atom stereocenters. The van der Waals surface area contributed by atoms with E-state index in [2.05, 4.69) is 13.8 Å².